The summed E-state index contributed by atoms with van der Waals surface area (Å²) in [5.41, 5.74) is 4.97. The lowest BCUT2D eigenvalue weighted by Gasteiger charge is -2.22. The summed E-state index contributed by atoms with van der Waals surface area (Å²) in [4.78, 5) is 2.25. The molecule has 0 saturated heterocycles. The lowest BCUT2D eigenvalue weighted by Crippen LogP contribution is -2.33. The van der Waals surface area contributed by atoms with Crippen LogP contribution in [-0.2, 0) is 6.54 Å². The number of aromatic nitrogens is 1. The molecule has 0 fully saturated rings. The van der Waals surface area contributed by atoms with Crippen LogP contribution in [-0.4, -0.2) is 13.1 Å². The normalized spacial score (nSPS) is 11.2. The first kappa shape index (κ1) is 19.1. The number of thiazole rings is 1. The van der Waals surface area contributed by atoms with Crippen molar-refractivity contribution < 1.29 is 4.57 Å². The summed E-state index contributed by atoms with van der Waals surface area (Å²) in [6, 6.07) is 17.4. The molecule has 138 valence electrons. The van der Waals surface area contributed by atoms with Gasteiger partial charge in [0.1, 0.15) is 11.2 Å². The molecule has 0 saturated carbocycles. The fraction of sp³-hybridized carbons (Fsp3) is 0.304. The van der Waals surface area contributed by atoms with E-state index in [4.69, 9.17) is 5.26 Å². The van der Waals surface area contributed by atoms with E-state index in [0.717, 1.165) is 19.6 Å². The van der Waals surface area contributed by atoms with Gasteiger partial charge in [-0.2, -0.15) is 9.83 Å². The molecule has 0 aliphatic rings. The van der Waals surface area contributed by atoms with Gasteiger partial charge in [0.15, 0.2) is 0 Å². The minimum Gasteiger partial charge on any atom is -0.371 e. The zero-order valence-corrected chi connectivity index (χ0v) is 17.1. The van der Waals surface area contributed by atoms with Crippen LogP contribution < -0.4 is 9.47 Å². The molecule has 27 heavy (non-hydrogen) atoms. The molecular weight excluding hydrogens is 350 g/mol. The Morgan fingerprint density at radius 1 is 1.15 bits per heavy atom. The van der Waals surface area contributed by atoms with E-state index in [2.05, 4.69) is 90.9 Å². The summed E-state index contributed by atoms with van der Waals surface area (Å²) < 4.78 is 3.68. The van der Waals surface area contributed by atoms with Crippen molar-refractivity contribution in [1.29, 1.82) is 5.26 Å². The molecule has 0 radical (unpaired) electrons. The molecule has 0 unspecified atom stereocenters. The van der Waals surface area contributed by atoms with Crippen molar-refractivity contribution in [2.45, 2.75) is 33.7 Å². The number of para-hydroxylation sites is 1. The van der Waals surface area contributed by atoms with Crippen LogP contribution in [0, 0.1) is 18.3 Å². The van der Waals surface area contributed by atoms with Gasteiger partial charge in [-0.1, -0.05) is 29.5 Å². The van der Waals surface area contributed by atoms with Crippen molar-refractivity contribution in [2.24, 2.45) is 0 Å². The molecule has 3 aromatic rings. The highest BCUT2D eigenvalue weighted by molar-refractivity contribution is 7.18. The number of nitrogens with zero attached hydrogens (tertiary/aromatic N) is 3. The smallest absolute Gasteiger partial charge is 0.262 e. The Morgan fingerprint density at radius 3 is 2.67 bits per heavy atom. The molecule has 3 rings (SSSR count). The van der Waals surface area contributed by atoms with E-state index in [1.54, 1.807) is 0 Å². The number of anilines is 1. The lowest BCUT2D eigenvalue weighted by molar-refractivity contribution is -0.665. The van der Waals surface area contributed by atoms with Crippen molar-refractivity contribution in [3.05, 3.63) is 58.6 Å². The second-order valence-corrected chi connectivity index (χ2v) is 7.58. The Labute approximate surface area is 165 Å². The number of hydrogen-bond donors (Lipinski definition) is 0. The Hall–Kier alpha value is -2.64. The van der Waals surface area contributed by atoms with Crippen LogP contribution in [0.2, 0.25) is 0 Å². The minimum atomic E-state index is 0.553. The molecule has 4 heteroatoms. The average molecular weight is 377 g/mol. The third kappa shape index (κ3) is 4.20. The third-order valence-corrected chi connectivity index (χ3v) is 5.98. The summed E-state index contributed by atoms with van der Waals surface area (Å²) >= 11 is 1.83. The zero-order chi connectivity index (χ0) is 19.2. The highest BCUT2D eigenvalue weighted by atomic mass is 32.1. The first-order valence-corrected chi connectivity index (χ1v) is 10.3. The first-order chi connectivity index (χ1) is 13.2. The molecule has 1 heterocycles. The molecule has 2 aromatic carbocycles. The second-order valence-electron chi connectivity index (χ2n) is 6.51. The maximum atomic E-state index is 8.84. The van der Waals surface area contributed by atoms with Crippen LogP contribution in [0.5, 0.6) is 0 Å². The Kier molecular flexibility index (Phi) is 6.26. The summed E-state index contributed by atoms with van der Waals surface area (Å²) in [6.07, 6.45) is 4.99. The number of nitriles is 1. The molecule has 0 atom stereocenters. The predicted octanol–water partition coefficient (Wildman–Crippen LogP) is 5.43. The standard InChI is InChI=1S/C23H26N3S/c1-4-25(16-8-15-24)20-13-11-19(18(3)17-20)12-14-23-26(5-2)21-9-6-7-10-22(21)27-23/h6-7,9-14,17H,4-5,8,16H2,1-3H3/q+1. The maximum Gasteiger partial charge on any atom is 0.262 e. The topological polar surface area (TPSA) is 30.9 Å². The van der Waals surface area contributed by atoms with Gasteiger partial charge in [-0.15, -0.1) is 0 Å². The summed E-state index contributed by atoms with van der Waals surface area (Å²) in [6.45, 7) is 9.13. The number of benzene rings is 2. The lowest BCUT2D eigenvalue weighted by atomic mass is 10.1. The van der Waals surface area contributed by atoms with Gasteiger partial charge in [0.2, 0.25) is 5.52 Å². The molecule has 3 nitrogen and oxygen atoms in total. The van der Waals surface area contributed by atoms with Gasteiger partial charge in [-0.3, -0.25) is 0 Å². The first-order valence-electron chi connectivity index (χ1n) is 9.50. The molecule has 1 aromatic heterocycles. The van der Waals surface area contributed by atoms with Gasteiger partial charge in [0.05, 0.1) is 12.5 Å². The monoisotopic (exact) mass is 376 g/mol. The van der Waals surface area contributed by atoms with Crippen molar-refractivity contribution in [1.82, 2.24) is 0 Å². The zero-order valence-electron chi connectivity index (χ0n) is 16.3. The Balaban J connectivity index is 1.87. The van der Waals surface area contributed by atoms with Crippen LogP contribution in [0.3, 0.4) is 0 Å². The van der Waals surface area contributed by atoms with E-state index in [0.29, 0.717) is 6.42 Å². The summed E-state index contributed by atoms with van der Waals surface area (Å²) in [5.74, 6) is 0. The molecule has 0 aliphatic carbocycles. The SMILES string of the molecule is CCN(CCC#N)c1ccc(C=Cc2sc3ccccc3[n+]2CC)c(C)c1. The highest BCUT2D eigenvalue weighted by Gasteiger charge is 2.16. The van der Waals surface area contributed by atoms with E-state index < -0.39 is 0 Å². The molecule has 0 aliphatic heterocycles. The fourth-order valence-electron chi connectivity index (χ4n) is 3.36. The van der Waals surface area contributed by atoms with Gasteiger partial charge < -0.3 is 4.90 Å². The Morgan fingerprint density at radius 2 is 1.96 bits per heavy atom. The molecule has 0 amide bonds. The number of hydrogen-bond acceptors (Lipinski definition) is 3. The van der Waals surface area contributed by atoms with Gasteiger partial charge >= 0.3 is 0 Å². The van der Waals surface area contributed by atoms with Gasteiger partial charge in [-0.25, -0.2) is 0 Å². The van der Waals surface area contributed by atoms with Crippen LogP contribution in [0.15, 0.2) is 42.5 Å². The maximum absolute atomic E-state index is 8.84. The van der Waals surface area contributed by atoms with Crippen LogP contribution in [0.4, 0.5) is 5.69 Å². The molecule has 0 N–H and O–H groups in total. The van der Waals surface area contributed by atoms with Gasteiger partial charge in [0, 0.05) is 30.9 Å². The van der Waals surface area contributed by atoms with Crippen molar-refractivity contribution in [3.63, 3.8) is 0 Å². The predicted molar refractivity (Wildman–Crippen MR) is 116 cm³/mol. The fourth-order valence-corrected chi connectivity index (χ4v) is 4.49. The van der Waals surface area contributed by atoms with E-state index in [1.807, 2.05) is 11.3 Å². The molecule has 0 spiro atoms. The largest absolute Gasteiger partial charge is 0.371 e. The quantitative estimate of drug-likeness (QED) is 0.515. The number of fused-ring (bicyclic) bond motifs is 1. The second kappa shape index (κ2) is 8.83. The van der Waals surface area contributed by atoms with E-state index >= 15 is 0 Å². The van der Waals surface area contributed by atoms with Crippen LogP contribution >= 0.6 is 11.3 Å². The van der Waals surface area contributed by atoms with E-state index in [-0.39, 0.29) is 0 Å². The third-order valence-electron chi connectivity index (χ3n) is 4.85. The van der Waals surface area contributed by atoms with E-state index in [9.17, 15) is 0 Å². The van der Waals surface area contributed by atoms with Gasteiger partial charge in [0.25, 0.3) is 5.01 Å². The average Bonchev–Trinajstić information content (AvgIpc) is 3.05. The number of aryl methyl sites for hydroxylation is 2. The highest BCUT2D eigenvalue weighted by Crippen LogP contribution is 2.24. The van der Waals surface area contributed by atoms with Crippen LogP contribution in [0.25, 0.3) is 22.4 Å². The minimum absolute atomic E-state index is 0.553. The molecule has 0 bridgehead atoms. The van der Waals surface area contributed by atoms with Crippen molar-refractivity contribution >= 4 is 39.4 Å². The summed E-state index contributed by atoms with van der Waals surface area (Å²) in [7, 11) is 0. The number of rotatable bonds is 7. The van der Waals surface area contributed by atoms with Crippen molar-refractivity contribution in [2.75, 3.05) is 18.0 Å². The van der Waals surface area contributed by atoms with Crippen LogP contribution in [0.1, 0.15) is 36.4 Å². The Bertz CT molecular complexity index is 995. The van der Waals surface area contributed by atoms with E-state index in [1.165, 1.54) is 32.0 Å². The molecular formula is C23H26N3S+. The van der Waals surface area contributed by atoms with Gasteiger partial charge in [-0.05, 0) is 56.2 Å². The summed E-state index contributed by atoms with van der Waals surface area (Å²) in [5, 5.41) is 10.1. The van der Waals surface area contributed by atoms with Crippen molar-refractivity contribution in [3.8, 4) is 6.07 Å².